The van der Waals surface area contributed by atoms with Gasteiger partial charge in [0.25, 0.3) is 5.24 Å². The van der Waals surface area contributed by atoms with E-state index in [0.717, 1.165) is 32.1 Å². The van der Waals surface area contributed by atoms with E-state index in [1.807, 2.05) is 0 Å². The highest BCUT2D eigenvalue weighted by Gasteiger charge is 2.09. The molecule has 0 aliphatic heterocycles. The second-order valence-electron chi connectivity index (χ2n) is 3.13. The summed E-state index contributed by atoms with van der Waals surface area (Å²) in [5, 5.41) is 2.64. The monoisotopic (exact) mass is 185 g/mol. The van der Waals surface area contributed by atoms with E-state index in [1.54, 1.807) is 0 Å². The molecule has 0 aromatic heterocycles. The molecule has 0 unspecified atom stereocenters. The fourth-order valence-corrected chi connectivity index (χ4v) is 1.66. The Hall–Kier alpha value is -0.440. The highest BCUT2D eigenvalue weighted by Crippen LogP contribution is 2.12. The minimum atomic E-state index is -0.204. The lowest BCUT2D eigenvalue weighted by Gasteiger charge is -2.17. The summed E-state index contributed by atoms with van der Waals surface area (Å²) < 4.78 is 0. The fourth-order valence-electron chi connectivity index (χ4n) is 1.48. The first-order chi connectivity index (χ1) is 5.79. The second kappa shape index (κ2) is 5.25. The molecule has 0 fully saturated rings. The molecule has 0 aromatic rings. The maximum atomic E-state index is 10.6. The number of hydrogen-bond acceptors (Lipinski definition) is 1. The number of carbonyl (C=O) groups is 1. The molecular weight excluding hydrogens is 170 g/mol. The van der Waals surface area contributed by atoms with Crippen LogP contribution in [0.2, 0.25) is 0 Å². The van der Waals surface area contributed by atoms with Gasteiger partial charge in [-0.3, -0.25) is 4.79 Å². The standard InChI is InChI=1S/C9H15NOS/c11-9(12)10-8-6-4-2-1-3-5-7-8/h1-2,8H,3-7H2,(H2,10,11,12)/b2-1+/t8-/m0/s1. The maximum absolute atomic E-state index is 10.6. The molecule has 0 aromatic carbocycles. The molecule has 2 nitrogen and oxygen atoms in total. The van der Waals surface area contributed by atoms with Crippen molar-refractivity contribution in [2.24, 2.45) is 0 Å². The fraction of sp³-hybridized carbons (Fsp3) is 0.667. The van der Waals surface area contributed by atoms with Gasteiger partial charge in [0, 0.05) is 6.04 Å². The Morgan fingerprint density at radius 1 is 1.33 bits per heavy atom. The van der Waals surface area contributed by atoms with Crippen LogP contribution < -0.4 is 5.32 Å². The zero-order valence-corrected chi connectivity index (χ0v) is 8.02. The van der Waals surface area contributed by atoms with Crippen molar-refractivity contribution in [2.45, 2.75) is 38.1 Å². The molecule has 12 heavy (non-hydrogen) atoms. The molecule has 1 amide bonds. The summed E-state index contributed by atoms with van der Waals surface area (Å²) in [6, 6.07) is 0.333. The molecule has 68 valence electrons. The molecule has 1 atom stereocenters. The van der Waals surface area contributed by atoms with Crippen molar-refractivity contribution in [3.63, 3.8) is 0 Å². The highest BCUT2D eigenvalue weighted by atomic mass is 32.1. The lowest BCUT2D eigenvalue weighted by Crippen LogP contribution is -2.31. The third kappa shape index (κ3) is 3.81. The number of rotatable bonds is 1. The van der Waals surface area contributed by atoms with E-state index in [9.17, 15) is 4.79 Å². The lowest BCUT2D eigenvalue weighted by molar-refractivity contribution is 0.256. The van der Waals surface area contributed by atoms with E-state index in [1.165, 1.54) is 0 Å². The largest absolute Gasteiger partial charge is 0.344 e. The van der Waals surface area contributed by atoms with Gasteiger partial charge in [0.1, 0.15) is 0 Å². The molecule has 0 heterocycles. The Morgan fingerprint density at radius 2 is 2.08 bits per heavy atom. The average Bonchev–Trinajstić information content (AvgIpc) is 1.93. The Kier molecular flexibility index (Phi) is 4.22. The Bertz CT molecular complexity index is 179. The Labute approximate surface area is 78.8 Å². The van der Waals surface area contributed by atoms with Crippen LogP contribution >= 0.6 is 12.6 Å². The van der Waals surface area contributed by atoms with E-state index in [4.69, 9.17) is 0 Å². The first-order valence-corrected chi connectivity index (χ1v) is 4.88. The summed E-state index contributed by atoms with van der Waals surface area (Å²) in [4.78, 5) is 10.6. The van der Waals surface area contributed by atoms with Gasteiger partial charge >= 0.3 is 0 Å². The van der Waals surface area contributed by atoms with Crippen LogP contribution in [0.1, 0.15) is 32.1 Å². The number of hydrogen-bond donors (Lipinski definition) is 2. The van der Waals surface area contributed by atoms with Crippen molar-refractivity contribution in [1.29, 1.82) is 0 Å². The van der Waals surface area contributed by atoms with Crippen molar-refractivity contribution >= 4 is 17.9 Å². The molecule has 0 saturated heterocycles. The van der Waals surface area contributed by atoms with Crippen molar-refractivity contribution in [3.8, 4) is 0 Å². The minimum absolute atomic E-state index is 0.204. The predicted octanol–water partition coefficient (Wildman–Crippen LogP) is 2.51. The molecule has 0 saturated carbocycles. The van der Waals surface area contributed by atoms with Gasteiger partial charge in [0.15, 0.2) is 0 Å². The van der Waals surface area contributed by atoms with Crippen molar-refractivity contribution in [1.82, 2.24) is 5.32 Å². The van der Waals surface area contributed by atoms with Crippen LogP contribution in [0, 0.1) is 0 Å². The normalized spacial score (nSPS) is 26.9. The molecular formula is C9H15NOS. The zero-order chi connectivity index (χ0) is 8.81. The van der Waals surface area contributed by atoms with Gasteiger partial charge in [-0.05, 0) is 32.1 Å². The van der Waals surface area contributed by atoms with Crippen LogP contribution in [0.4, 0.5) is 4.79 Å². The Balaban J connectivity index is 2.32. The number of amides is 1. The van der Waals surface area contributed by atoms with Gasteiger partial charge in [-0.2, -0.15) is 0 Å². The third-order valence-electron chi connectivity index (χ3n) is 2.10. The molecule has 0 bridgehead atoms. The first-order valence-electron chi connectivity index (χ1n) is 4.43. The molecule has 1 aliphatic rings. The second-order valence-corrected chi connectivity index (χ2v) is 3.53. The molecule has 0 radical (unpaired) electrons. The smallest absolute Gasteiger partial charge is 0.276 e. The van der Waals surface area contributed by atoms with Crippen molar-refractivity contribution < 1.29 is 4.79 Å². The van der Waals surface area contributed by atoms with E-state index in [2.05, 4.69) is 30.1 Å². The topological polar surface area (TPSA) is 29.1 Å². The highest BCUT2D eigenvalue weighted by molar-refractivity contribution is 7.96. The van der Waals surface area contributed by atoms with E-state index < -0.39 is 0 Å². The Morgan fingerprint density at radius 3 is 2.83 bits per heavy atom. The summed E-state index contributed by atoms with van der Waals surface area (Å²) in [5.74, 6) is 0. The van der Waals surface area contributed by atoms with Crippen LogP contribution in [0.25, 0.3) is 0 Å². The first kappa shape index (κ1) is 9.65. The number of thiol groups is 1. The number of allylic oxidation sites excluding steroid dienone is 2. The van der Waals surface area contributed by atoms with Gasteiger partial charge < -0.3 is 5.32 Å². The van der Waals surface area contributed by atoms with Gasteiger partial charge in [-0.15, -0.1) is 0 Å². The predicted molar refractivity (Wildman–Crippen MR) is 53.5 cm³/mol. The van der Waals surface area contributed by atoms with Crippen LogP contribution in [-0.2, 0) is 0 Å². The van der Waals surface area contributed by atoms with E-state index in [0.29, 0.717) is 6.04 Å². The van der Waals surface area contributed by atoms with Gasteiger partial charge in [-0.1, -0.05) is 24.8 Å². The van der Waals surface area contributed by atoms with Crippen molar-refractivity contribution in [2.75, 3.05) is 0 Å². The van der Waals surface area contributed by atoms with Gasteiger partial charge in [-0.25, -0.2) is 0 Å². The quantitative estimate of drug-likeness (QED) is 0.477. The molecule has 1 rings (SSSR count). The maximum Gasteiger partial charge on any atom is 0.276 e. The molecule has 1 N–H and O–H groups in total. The SMILES string of the molecule is O=C(S)N[C@H]1CC/C=C/CCC1. The van der Waals surface area contributed by atoms with Crippen LogP contribution in [-0.4, -0.2) is 11.3 Å². The third-order valence-corrected chi connectivity index (χ3v) is 2.23. The van der Waals surface area contributed by atoms with Gasteiger partial charge in [0.05, 0.1) is 0 Å². The summed E-state index contributed by atoms with van der Waals surface area (Å²) in [5.41, 5.74) is 0. The zero-order valence-electron chi connectivity index (χ0n) is 7.12. The summed E-state index contributed by atoms with van der Waals surface area (Å²) in [6.45, 7) is 0. The minimum Gasteiger partial charge on any atom is -0.344 e. The molecule has 3 heteroatoms. The lowest BCUT2D eigenvalue weighted by atomic mass is 10.0. The summed E-state index contributed by atoms with van der Waals surface area (Å²) in [7, 11) is 0. The van der Waals surface area contributed by atoms with Crippen molar-refractivity contribution in [3.05, 3.63) is 12.2 Å². The number of carbonyl (C=O) groups excluding carboxylic acids is 1. The number of nitrogens with one attached hydrogen (secondary N) is 1. The van der Waals surface area contributed by atoms with Crippen LogP contribution in [0.5, 0.6) is 0 Å². The molecule has 1 aliphatic carbocycles. The van der Waals surface area contributed by atoms with E-state index >= 15 is 0 Å². The van der Waals surface area contributed by atoms with E-state index in [-0.39, 0.29) is 5.24 Å². The summed E-state index contributed by atoms with van der Waals surface area (Å²) >= 11 is 3.70. The summed E-state index contributed by atoms with van der Waals surface area (Å²) in [6.07, 6.45) is 9.90. The average molecular weight is 185 g/mol. The van der Waals surface area contributed by atoms with Crippen LogP contribution in [0.3, 0.4) is 0 Å². The molecule has 0 spiro atoms. The van der Waals surface area contributed by atoms with Gasteiger partial charge in [0.2, 0.25) is 0 Å². The van der Waals surface area contributed by atoms with Crippen LogP contribution in [0.15, 0.2) is 12.2 Å².